The number of hydrogen-bond donors (Lipinski definition) is 1. The van der Waals surface area contributed by atoms with Gasteiger partial charge in [0, 0.05) is 24.6 Å². The lowest BCUT2D eigenvalue weighted by Crippen LogP contribution is -2.12. The summed E-state index contributed by atoms with van der Waals surface area (Å²) in [4.78, 5) is 16.0. The highest BCUT2D eigenvalue weighted by Gasteiger charge is 2.07. The first-order valence-electron chi connectivity index (χ1n) is 5.70. The van der Waals surface area contributed by atoms with E-state index in [0.29, 0.717) is 16.8 Å². The minimum Gasteiger partial charge on any atom is -0.380 e. The molecule has 0 radical (unpaired) electrons. The van der Waals surface area contributed by atoms with Crippen molar-refractivity contribution < 1.29 is 9.53 Å². The predicted molar refractivity (Wildman–Crippen MR) is 77.0 cm³/mol. The lowest BCUT2D eigenvalue weighted by molar-refractivity contribution is 0.102. The molecule has 1 N–H and O–H groups in total. The van der Waals surface area contributed by atoms with Gasteiger partial charge in [-0.1, -0.05) is 12.1 Å². The standard InChI is InChI=1S/C14H13BrN2O2/c1-19-9-10-3-2-4-12(7-10)17-14(18)11-5-6-16-13(15)8-11/h2-8H,9H2,1H3,(H,17,18). The molecule has 0 fully saturated rings. The molecule has 0 bridgehead atoms. The van der Waals surface area contributed by atoms with Crippen molar-refractivity contribution in [2.24, 2.45) is 0 Å². The SMILES string of the molecule is COCc1cccc(NC(=O)c2ccnc(Br)c2)c1. The summed E-state index contributed by atoms with van der Waals surface area (Å²) in [5.74, 6) is -0.169. The number of anilines is 1. The zero-order valence-electron chi connectivity index (χ0n) is 10.4. The molecular weight excluding hydrogens is 308 g/mol. The zero-order valence-corrected chi connectivity index (χ0v) is 12.0. The van der Waals surface area contributed by atoms with Crippen LogP contribution in [-0.2, 0) is 11.3 Å². The van der Waals surface area contributed by atoms with Gasteiger partial charge in [-0.2, -0.15) is 0 Å². The van der Waals surface area contributed by atoms with Crippen molar-refractivity contribution in [2.75, 3.05) is 12.4 Å². The summed E-state index contributed by atoms with van der Waals surface area (Å²) in [6.07, 6.45) is 1.58. The third-order valence-corrected chi connectivity index (χ3v) is 2.92. The Labute approximate surface area is 119 Å². The van der Waals surface area contributed by atoms with Crippen LogP contribution < -0.4 is 5.32 Å². The van der Waals surface area contributed by atoms with E-state index in [9.17, 15) is 4.79 Å². The van der Waals surface area contributed by atoms with Gasteiger partial charge in [-0.3, -0.25) is 4.79 Å². The van der Waals surface area contributed by atoms with Crippen LogP contribution in [0.15, 0.2) is 47.2 Å². The van der Waals surface area contributed by atoms with E-state index in [-0.39, 0.29) is 5.91 Å². The maximum absolute atomic E-state index is 12.0. The Morgan fingerprint density at radius 3 is 2.95 bits per heavy atom. The van der Waals surface area contributed by atoms with Gasteiger partial charge in [-0.25, -0.2) is 4.98 Å². The highest BCUT2D eigenvalue weighted by atomic mass is 79.9. The third-order valence-electron chi connectivity index (χ3n) is 2.48. The van der Waals surface area contributed by atoms with Crippen LogP contribution in [0.4, 0.5) is 5.69 Å². The molecule has 0 aliphatic heterocycles. The van der Waals surface area contributed by atoms with Crippen molar-refractivity contribution in [3.8, 4) is 0 Å². The number of nitrogens with zero attached hydrogens (tertiary/aromatic N) is 1. The number of amides is 1. The van der Waals surface area contributed by atoms with Gasteiger partial charge in [0.15, 0.2) is 0 Å². The number of aromatic nitrogens is 1. The largest absolute Gasteiger partial charge is 0.380 e. The van der Waals surface area contributed by atoms with Crippen molar-refractivity contribution >= 4 is 27.5 Å². The first-order valence-corrected chi connectivity index (χ1v) is 6.49. The number of hydrogen-bond acceptors (Lipinski definition) is 3. The first kappa shape index (κ1) is 13.7. The number of ether oxygens (including phenoxy) is 1. The molecule has 1 aromatic heterocycles. The van der Waals surface area contributed by atoms with Gasteiger partial charge in [0.2, 0.25) is 0 Å². The van der Waals surface area contributed by atoms with Crippen molar-refractivity contribution in [3.63, 3.8) is 0 Å². The van der Waals surface area contributed by atoms with Crippen LogP contribution in [0.5, 0.6) is 0 Å². The molecule has 2 aromatic rings. The second kappa shape index (κ2) is 6.45. The number of methoxy groups -OCH3 is 1. The second-order valence-electron chi connectivity index (χ2n) is 3.95. The van der Waals surface area contributed by atoms with Crippen LogP contribution in [0.1, 0.15) is 15.9 Å². The summed E-state index contributed by atoms with van der Waals surface area (Å²) in [5.41, 5.74) is 2.31. The maximum Gasteiger partial charge on any atom is 0.255 e. The lowest BCUT2D eigenvalue weighted by Gasteiger charge is -2.07. The molecule has 0 aliphatic carbocycles. The topological polar surface area (TPSA) is 51.2 Å². The summed E-state index contributed by atoms with van der Waals surface area (Å²) >= 11 is 3.24. The summed E-state index contributed by atoms with van der Waals surface area (Å²) in [6, 6.07) is 10.9. The van der Waals surface area contributed by atoms with E-state index in [0.717, 1.165) is 11.3 Å². The highest BCUT2D eigenvalue weighted by Crippen LogP contribution is 2.14. The fourth-order valence-corrected chi connectivity index (χ4v) is 2.02. The third kappa shape index (κ3) is 3.87. The lowest BCUT2D eigenvalue weighted by atomic mass is 10.2. The summed E-state index contributed by atoms with van der Waals surface area (Å²) in [7, 11) is 1.64. The Morgan fingerprint density at radius 1 is 1.37 bits per heavy atom. The minimum absolute atomic E-state index is 0.169. The molecule has 0 saturated carbocycles. The molecule has 2 rings (SSSR count). The summed E-state index contributed by atoms with van der Waals surface area (Å²) in [5, 5.41) is 2.84. The van der Waals surface area contributed by atoms with Crippen LogP contribution >= 0.6 is 15.9 Å². The number of pyridine rings is 1. The van der Waals surface area contributed by atoms with Crippen LogP contribution in [0.25, 0.3) is 0 Å². The van der Waals surface area contributed by atoms with E-state index in [4.69, 9.17) is 4.74 Å². The number of carbonyl (C=O) groups excluding carboxylic acids is 1. The van der Waals surface area contributed by atoms with E-state index >= 15 is 0 Å². The van der Waals surface area contributed by atoms with Crippen LogP contribution in [0.3, 0.4) is 0 Å². The second-order valence-corrected chi connectivity index (χ2v) is 4.77. The summed E-state index contributed by atoms with van der Waals surface area (Å²) in [6.45, 7) is 0.518. The fourth-order valence-electron chi connectivity index (χ4n) is 1.65. The average Bonchev–Trinajstić information content (AvgIpc) is 2.39. The van der Waals surface area contributed by atoms with Gasteiger partial charge >= 0.3 is 0 Å². The number of rotatable bonds is 4. The van der Waals surface area contributed by atoms with E-state index < -0.39 is 0 Å². The molecule has 1 aromatic carbocycles. The number of nitrogens with one attached hydrogen (secondary N) is 1. The predicted octanol–water partition coefficient (Wildman–Crippen LogP) is 3.24. The normalized spacial score (nSPS) is 10.2. The minimum atomic E-state index is -0.169. The van der Waals surface area contributed by atoms with Gasteiger partial charge in [-0.05, 0) is 45.8 Å². The van der Waals surface area contributed by atoms with Crippen LogP contribution in [0.2, 0.25) is 0 Å². The van der Waals surface area contributed by atoms with E-state index in [1.807, 2.05) is 24.3 Å². The molecule has 1 amide bonds. The smallest absolute Gasteiger partial charge is 0.255 e. The molecule has 0 spiro atoms. The Kier molecular flexibility index (Phi) is 4.65. The van der Waals surface area contributed by atoms with E-state index in [1.54, 1.807) is 25.4 Å². The monoisotopic (exact) mass is 320 g/mol. The Morgan fingerprint density at radius 2 is 2.21 bits per heavy atom. The molecule has 0 saturated heterocycles. The zero-order chi connectivity index (χ0) is 13.7. The molecule has 0 unspecified atom stereocenters. The van der Waals surface area contributed by atoms with Gasteiger partial charge < -0.3 is 10.1 Å². The van der Waals surface area contributed by atoms with Crippen LogP contribution in [-0.4, -0.2) is 18.0 Å². The van der Waals surface area contributed by atoms with Gasteiger partial charge in [0.1, 0.15) is 4.60 Å². The molecule has 1 heterocycles. The maximum atomic E-state index is 12.0. The molecule has 5 heteroatoms. The quantitative estimate of drug-likeness (QED) is 0.880. The van der Waals surface area contributed by atoms with Crippen LogP contribution in [0, 0.1) is 0 Å². The molecule has 0 aliphatic rings. The molecule has 0 atom stereocenters. The van der Waals surface area contributed by atoms with Gasteiger partial charge in [0.25, 0.3) is 5.91 Å². The Bertz CT molecular complexity index is 587. The van der Waals surface area contributed by atoms with E-state index in [2.05, 4.69) is 26.2 Å². The number of halogens is 1. The molecule has 4 nitrogen and oxygen atoms in total. The number of carbonyl (C=O) groups is 1. The van der Waals surface area contributed by atoms with E-state index in [1.165, 1.54) is 0 Å². The summed E-state index contributed by atoms with van der Waals surface area (Å²) < 4.78 is 5.69. The van der Waals surface area contributed by atoms with Gasteiger partial charge in [-0.15, -0.1) is 0 Å². The van der Waals surface area contributed by atoms with Crippen molar-refractivity contribution in [3.05, 3.63) is 58.3 Å². The first-order chi connectivity index (χ1) is 9.19. The fraction of sp³-hybridized carbons (Fsp3) is 0.143. The van der Waals surface area contributed by atoms with Crippen molar-refractivity contribution in [2.45, 2.75) is 6.61 Å². The van der Waals surface area contributed by atoms with Crippen molar-refractivity contribution in [1.29, 1.82) is 0 Å². The Balaban J connectivity index is 2.12. The highest BCUT2D eigenvalue weighted by molar-refractivity contribution is 9.10. The molecule has 19 heavy (non-hydrogen) atoms. The Hall–Kier alpha value is -1.72. The number of benzene rings is 1. The average molecular weight is 321 g/mol. The molecule has 98 valence electrons. The molecular formula is C14H13BrN2O2. The van der Waals surface area contributed by atoms with Crippen molar-refractivity contribution in [1.82, 2.24) is 4.98 Å². The van der Waals surface area contributed by atoms with Gasteiger partial charge in [0.05, 0.1) is 6.61 Å².